The molecular weight excluding hydrogens is 248 g/mol. The fourth-order valence-corrected chi connectivity index (χ4v) is 3.09. The Hall–Kier alpha value is -1.90. The van der Waals surface area contributed by atoms with E-state index >= 15 is 0 Å². The molecule has 0 amide bonds. The van der Waals surface area contributed by atoms with Gasteiger partial charge in [0, 0.05) is 30.1 Å². The summed E-state index contributed by atoms with van der Waals surface area (Å²) in [5, 5.41) is 0. The molecule has 0 aliphatic heterocycles. The third-order valence-corrected chi connectivity index (χ3v) is 4.14. The maximum Gasteiger partial charge on any atom is 0.165 e. The van der Waals surface area contributed by atoms with E-state index in [1.165, 1.54) is 0 Å². The van der Waals surface area contributed by atoms with Crippen LogP contribution in [0.5, 0.6) is 0 Å². The molecule has 2 heterocycles. The Morgan fingerprint density at radius 2 is 2.05 bits per heavy atom. The van der Waals surface area contributed by atoms with E-state index in [9.17, 15) is 4.79 Å². The second-order valence-electron chi connectivity index (χ2n) is 6.45. The molecule has 0 fully saturated rings. The summed E-state index contributed by atoms with van der Waals surface area (Å²) in [6, 6.07) is 8.08. The Bertz CT molecular complexity index is 640. The van der Waals surface area contributed by atoms with Gasteiger partial charge >= 0.3 is 0 Å². The molecular formula is C17H20N2O. The van der Waals surface area contributed by atoms with Gasteiger partial charge in [0.25, 0.3) is 0 Å². The van der Waals surface area contributed by atoms with E-state index in [1.54, 1.807) is 0 Å². The van der Waals surface area contributed by atoms with E-state index in [-0.39, 0.29) is 17.2 Å². The molecule has 1 aliphatic rings. The van der Waals surface area contributed by atoms with Crippen molar-refractivity contribution >= 4 is 5.78 Å². The summed E-state index contributed by atoms with van der Waals surface area (Å²) in [4.78, 5) is 16.7. The van der Waals surface area contributed by atoms with Crippen molar-refractivity contribution < 1.29 is 4.79 Å². The molecule has 2 aromatic rings. The first-order chi connectivity index (χ1) is 9.48. The molecule has 0 bridgehead atoms. The molecule has 3 rings (SSSR count). The first-order valence-corrected chi connectivity index (χ1v) is 7.12. The number of nitrogens with zero attached hydrogens (tertiary/aromatic N) is 2. The molecule has 0 saturated heterocycles. The zero-order valence-corrected chi connectivity index (χ0v) is 12.3. The van der Waals surface area contributed by atoms with Gasteiger partial charge in [0.05, 0.1) is 11.7 Å². The SMILES string of the molecule is CC(c1ccccn1)n1ccc2c1CC(C)(C)CC2=O. The van der Waals surface area contributed by atoms with Gasteiger partial charge in [0.15, 0.2) is 5.78 Å². The number of carbonyl (C=O) groups excluding carboxylic acids is 1. The highest BCUT2D eigenvalue weighted by atomic mass is 16.1. The van der Waals surface area contributed by atoms with Crippen LogP contribution in [0.3, 0.4) is 0 Å². The number of pyridine rings is 1. The smallest absolute Gasteiger partial charge is 0.165 e. The largest absolute Gasteiger partial charge is 0.342 e. The van der Waals surface area contributed by atoms with Crippen molar-refractivity contribution in [2.45, 2.75) is 39.7 Å². The topological polar surface area (TPSA) is 34.9 Å². The zero-order valence-electron chi connectivity index (χ0n) is 12.3. The van der Waals surface area contributed by atoms with Gasteiger partial charge in [-0.1, -0.05) is 19.9 Å². The molecule has 1 atom stereocenters. The Morgan fingerprint density at radius 1 is 1.25 bits per heavy atom. The maximum absolute atomic E-state index is 12.2. The van der Waals surface area contributed by atoms with E-state index in [1.807, 2.05) is 36.7 Å². The van der Waals surface area contributed by atoms with Crippen molar-refractivity contribution in [3.8, 4) is 0 Å². The van der Waals surface area contributed by atoms with Crippen LogP contribution in [0.1, 0.15) is 55.0 Å². The normalized spacial score (nSPS) is 18.6. The zero-order chi connectivity index (χ0) is 14.3. The van der Waals surface area contributed by atoms with Crippen molar-refractivity contribution in [2.75, 3.05) is 0 Å². The molecule has 0 N–H and O–H groups in total. The Balaban J connectivity index is 2.03. The van der Waals surface area contributed by atoms with Gasteiger partial charge in [-0.05, 0) is 37.0 Å². The lowest BCUT2D eigenvalue weighted by Crippen LogP contribution is -2.28. The maximum atomic E-state index is 12.2. The summed E-state index contributed by atoms with van der Waals surface area (Å²) in [5.41, 5.74) is 3.13. The van der Waals surface area contributed by atoms with Gasteiger partial charge in [0.2, 0.25) is 0 Å². The number of carbonyl (C=O) groups is 1. The number of ketones is 1. The molecule has 2 aromatic heterocycles. The Kier molecular flexibility index (Phi) is 3.00. The monoisotopic (exact) mass is 268 g/mol. The van der Waals surface area contributed by atoms with Crippen LogP contribution >= 0.6 is 0 Å². The molecule has 0 saturated carbocycles. The lowest BCUT2D eigenvalue weighted by molar-refractivity contribution is 0.0909. The Labute approximate surface area is 119 Å². The number of hydrogen-bond donors (Lipinski definition) is 0. The van der Waals surface area contributed by atoms with Gasteiger partial charge in [-0.15, -0.1) is 0 Å². The second-order valence-corrected chi connectivity index (χ2v) is 6.45. The minimum atomic E-state index is 0.0457. The fraction of sp³-hybridized carbons (Fsp3) is 0.412. The average Bonchev–Trinajstić information content (AvgIpc) is 2.81. The van der Waals surface area contributed by atoms with Crippen molar-refractivity contribution in [2.24, 2.45) is 5.41 Å². The first kappa shape index (κ1) is 13.1. The van der Waals surface area contributed by atoms with Crippen LogP contribution in [-0.4, -0.2) is 15.3 Å². The summed E-state index contributed by atoms with van der Waals surface area (Å²) < 4.78 is 2.20. The van der Waals surface area contributed by atoms with Crippen LogP contribution in [-0.2, 0) is 6.42 Å². The van der Waals surface area contributed by atoms with E-state index in [0.29, 0.717) is 6.42 Å². The van der Waals surface area contributed by atoms with Crippen LogP contribution < -0.4 is 0 Å². The van der Waals surface area contributed by atoms with Crippen molar-refractivity contribution in [3.63, 3.8) is 0 Å². The van der Waals surface area contributed by atoms with Gasteiger partial charge in [-0.25, -0.2) is 0 Å². The van der Waals surface area contributed by atoms with Crippen molar-refractivity contribution in [1.82, 2.24) is 9.55 Å². The van der Waals surface area contributed by atoms with Crippen LogP contribution in [0.2, 0.25) is 0 Å². The van der Waals surface area contributed by atoms with Gasteiger partial charge in [0.1, 0.15) is 0 Å². The summed E-state index contributed by atoms with van der Waals surface area (Å²) in [6.45, 7) is 6.46. The quantitative estimate of drug-likeness (QED) is 0.833. The lowest BCUT2D eigenvalue weighted by atomic mass is 9.76. The average molecular weight is 268 g/mol. The number of rotatable bonds is 2. The Morgan fingerprint density at radius 3 is 2.75 bits per heavy atom. The molecule has 1 aliphatic carbocycles. The third kappa shape index (κ3) is 2.17. The van der Waals surface area contributed by atoms with Crippen molar-refractivity contribution in [1.29, 1.82) is 0 Å². The van der Waals surface area contributed by atoms with Gasteiger partial charge in [-0.3, -0.25) is 9.78 Å². The highest BCUT2D eigenvalue weighted by Gasteiger charge is 2.33. The van der Waals surface area contributed by atoms with E-state index in [0.717, 1.165) is 23.4 Å². The molecule has 3 nitrogen and oxygen atoms in total. The number of hydrogen-bond acceptors (Lipinski definition) is 2. The minimum absolute atomic E-state index is 0.0457. The highest BCUT2D eigenvalue weighted by Crippen LogP contribution is 2.36. The molecule has 0 spiro atoms. The van der Waals surface area contributed by atoms with Gasteiger partial charge in [-0.2, -0.15) is 0 Å². The third-order valence-electron chi connectivity index (χ3n) is 4.14. The minimum Gasteiger partial charge on any atom is -0.342 e. The van der Waals surface area contributed by atoms with E-state index in [4.69, 9.17) is 0 Å². The standard InChI is InChI=1S/C17H20N2O/c1-12(14-6-4-5-8-18-14)19-9-7-13-15(19)10-17(2,3)11-16(13)20/h4-9,12H,10-11H2,1-3H3. The fourth-order valence-electron chi connectivity index (χ4n) is 3.09. The lowest BCUT2D eigenvalue weighted by Gasteiger charge is -2.31. The predicted molar refractivity (Wildman–Crippen MR) is 78.9 cm³/mol. The summed E-state index contributed by atoms with van der Waals surface area (Å²) in [5.74, 6) is 0.267. The van der Waals surface area contributed by atoms with Crippen molar-refractivity contribution in [3.05, 3.63) is 53.6 Å². The van der Waals surface area contributed by atoms with E-state index < -0.39 is 0 Å². The van der Waals surface area contributed by atoms with Crippen LogP contribution in [0.15, 0.2) is 36.7 Å². The van der Waals surface area contributed by atoms with Gasteiger partial charge < -0.3 is 4.57 Å². The molecule has 20 heavy (non-hydrogen) atoms. The first-order valence-electron chi connectivity index (χ1n) is 7.12. The number of fused-ring (bicyclic) bond motifs is 1. The molecule has 0 aromatic carbocycles. The highest BCUT2D eigenvalue weighted by molar-refractivity contribution is 5.98. The predicted octanol–water partition coefficient (Wildman–Crippen LogP) is 3.65. The summed E-state index contributed by atoms with van der Waals surface area (Å²) in [7, 11) is 0. The molecule has 104 valence electrons. The molecule has 1 unspecified atom stereocenters. The summed E-state index contributed by atoms with van der Waals surface area (Å²) >= 11 is 0. The van der Waals surface area contributed by atoms with Crippen LogP contribution in [0.25, 0.3) is 0 Å². The number of Topliss-reactive ketones (excluding diaryl/α,β-unsaturated/α-hetero) is 1. The number of aromatic nitrogens is 2. The second kappa shape index (κ2) is 4.58. The molecule has 3 heteroatoms. The summed E-state index contributed by atoms with van der Waals surface area (Å²) in [6.07, 6.45) is 5.43. The van der Waals surface area contributed by atoms with E-state index in [2.05, 4.69) is 30.3 Å². The molecule has 0 radical (unpaired) electrons. The van der Waals surface area contributed by atoms with Crippen LogP contribution in [0, 0.1) is 5.41 Å². The van der Waals surface area contributed by atoms with Crippen LogP contribution in [0.4, 0.5) is 0 Å².